The number of Topliss-reactive ketones (excluding diaryl/α,β-unsaturated/α-hetero) is 1. The summed E-state index contributed by atoms with van der Waals surface area (Å²) >= 11 is 5.93. The zero-order valence-corrected chi connectivity index (χ0v) is 16.8. The molecule has 1 aliphatic rings. The lowest BCUT2D eigenvalue weighted by molar-refractivity contribution is -0.140. The maximum absolute atomic E-state index is 12.9. The van der Waals surface area contributed by atoms with Gasteiger partial charge in [0.15, 0.2) is 0 Å². The molecule has 1 atom stereocenters. The minimum Gasteiger partial charge on any atom is -0.507 e. The van der Waals surface area contributed by atoms with E-state index in [-0.39, 0.29) is 17.9 Å². The molecule has 2 heterocycles. The van der Waals surface area contributed by atoms with Crippen LogP contribution in [0.5, 0.6) is 5.75 Å². The number of hydrogen-bond donors (Lipinski definition) is 1. The zero-order chi connectivity index (χ0) is 21.3. The van der Waals surface area contributed by atoms with Gasteiger partial charge in [-0.2, -0.15) is 0 Å². The maximum atomic E-state index is 12.9. The first-order valence-corrected chi connectivity index (χ1v) is 9.58. The SMILES string of the molecule is COc1ccc([C@H]2C(=C(O)c3ccc(Cl)cc3)C(=O)C(=O)N2Cc2ccco2)cc1. The van der Waals surface area contributed by atoms with E-state index in [2.05, 4.69) is 0 Å². The summed E-state index contributed by atoms with van der Waals surface area (Å²) in [5, 5.41) is 11.5. The van der Waals surface area contributed by atoms with Gasteiger partial charge < -0.3 is 19.2 Å². The van der Waals surface area contributed by atoms with Gasteiger partial charge in [-0.25, -0.2) is 0 Å². The molecule has 2 aromatic carbocycles. The first-order valence-electron chi connectivity index (χ1n) is 9.20. The van der Waals surface area contributed by atoms with Crippen LogP contribution in [0.3, 0.4) is 0 Å². The largest absolute Gasteiger partial charge is 0.507 e. The topological polar surface area (TPSA) is 80.0 Å². The van der Waals surface area contributed by atoms with Gasteiger partial charge >= 0.3 is 0 Å². The summed E-state index contributed by atoms with van der Waals surface area (Å²) in [4.78, 5) is 27.2. The smallest absolute Gasteiger partial charge is 0.296 e. The van der Waals surface area contributed by atoms with Crippen LogP contribution in [0.15, 0.2) is 76.9 Å². The van der Waals surface area contributed by atoms with Gasteiger partial charge in [0.05, 0.1) is 31.5 Å². The number of halogens is 1. The highest BCUT2D eigenvalue weighted by Crippen LogP contribution is 2.40. The molecule has 0 aliphatic carbocycles. The number of ketones is 1. The van der Waals surface area contributed by atoms with Crippen molar-refractivity contribution in [2.24, 2.45) is 0 Å². The van der Waals surface area contributed by atoms with Crippen molar-refractivity contribution in [1.29, 1.82) is 0 Å². The molecule has 1 fully saturated rings. The van der Waals surface area contributed by atoms with Crippen molar-refractivity contribution in [2.75, 3.05) is 7.11 Å². The second-order valence-electron chi connectivity index (χ2n) is 6.79. The lowest BCUT2D eigenvalue weighted by Crippen LogP contribution is -2.29. The number of aliphatic hydroxyl groups excluding tert-OH is 1. The molecule has 0 spiro atoms. The van der Waals surface area contributed by atoms with Crippen LogP contribution in [0, 0.1) is 0 Å². The third-order valence-corrected chi connectivity index (χ3v) is 5.25. The Morgan fingerprint density at radius 1 is 1.10 bits per heavy atom. The molecule has 152 valence electrons. The van der Waals surface area contributed by atoms with Crippen LogP contribution in [0.1, 0.15) is 22.9 Å². The highest BCUT2D eigenvalue weighted by molar-refractivity contribution is 6.46. The number of amides is 1. The van der Waals surface area contributed by atoms with Crippen molar-refractivity contribution in [3.05, 3.63) is 94.4 Å². The number of benzene rings is 2. The Bertz CT molecular complexity index is 1100. The number of hydrogen-bond acceptors (Lipinski definition) is 5. The Morgan fingerprint density at radius 2 is 1.80 bits per heavy atom. The van der Waals surface area contributed by atoms with Crippen molar-refractivity contribution in [3.63, 3.8) is 0 Å². The molecule has 6 nitrogen and oxygen atoms in total. The van der Waals surface area contributed by atoms with E-state index in [9.17, 15) is 14.7 Å². The lowest BCUT2D eigenvalue weighted by atomic mass is 9.95. The van der Waals surface area contributed by atoms with Crippen molar-refractivity contribution in [1.82, 2.24) is 4.90 Å². The lowest BCUT2D eigenvalue weighted by Gasteiger charge is -2.24. The number of carbonyl (C=O) groups excluding carboxylic acids is 2. The number of rotatable bonds is 5. The summed E-state index contributed by atoms with van der Waals surface area (Å²) in [7, 11) is 1.55. The van der Waals surface area contributed by atoms with Crippen molar-refractivity contribution >= 4 is 29.1 Å². The van der Waals surface area contributed by atoms with Crippen LogP contribution in [-0.4, -0.2) is 28.8 Å². The van der Waals surface area contributed by atoms with Crippen LogP contribution >= 0.6 is 11.6 Å². The molecule has 1 saturated heterocycles. The molecule has 0 unspecified atom stereocenters. The minimum atomic E-state index is -0.781. The quantitative estimate of drug-likeness (QED) is 0.369. The standard InChI is InChI=1S/C23H18ClNO5/c1-29-17-10-6-14(7-11-17)20-19(21(26)15-4-8-16(24)9-5-15)22(27)23(28)25(20)13-18-3-2-12-30-18/h2-12,20,26H,13H2,1H3/t20-/m0/s1. The molecule has 0 radical (unpaired) electrons. The molecule has 7 heteroatoms. The summed E-state index contributed by atoms with van der Waals surface area (Å²) in [5.41, 5.74) is 1.07. The molecule has 4 rings (SSSR count). The molecule has 1 aromatic heterocycles. The predicted molar refractivity (Wildman–Crippen MR) is 111 cm³/mol. The first-order chi connectivity index (χ1) is 14.5. The van der Waals surface area contributed by atoms with Gasteiger partial charge in [-0.05, 0) is 54.1 Å². The van der Waals surface area contributed by atoms with Crippen LogP contribution < -0.4 is 4.74 Å². The van der Waals surface area contributed by atoms with Gasteiger partial charge in [0.1, 0.15) is 17.3 Å². The number of carbonyl (C=O) groups is 2. The second kappa shape index (κ2) is 8.08. The number of methoxy groups -OCH3 is 1. The predicted octanol–water partition coefficient (Wildman–Crippen LogP) is 4.56. The van der Waals surface area contributed by atoms with E-state index in [1.807, 2.05) is 0 Å². The zero-order valence-electron chi connectivity index (χ0n) is 16.0. The second-order valence-corrected chi connectivity index (χ2v) is 7.22. The van der Waals surface area contributed by atoms with E-state index < -0.39 is 17.7 Å². The summed E-state index contributed by atoms with van der Waals surface area (Å²) < 4.78 is 10.6. The fraction of sp³-hybridized carbons (Fsp3) is 0.130. The average Bonchev–Trinajstić information content (AvgIpc) is 3.36. The monoisotopic (exact) mass is 423 g/mol. The number of nitrogens with zero attached hydrogens (tertiary/aromatic N) is 1. The molecule has 30 heavy (non-hydrogen) atoms. The van der Waals surface area contributed by atoms with E-state index in [4.69, 9.17) is 20.8 Å². The minimum absolute atomic E-state index is 0.0130. The molecule has 1 N–H and O–H groups in total. The number of likely N-dealkylation sites (tertiary alicyclic amines) is 1. The number of furan rings is 1. The normalized spacial score (nSPS) is 18.1. The fourth-order valence-electron chi connectivity index (χ4n) is 3.51. The Morgan fingerprint density at radius 3 is 2.40 bits per heavy atom. The van der Waals surface area contributed by atoms with E-state index in [0.29, 0.717) is 27.7 Å². The van der Waals surface area contributed by atoms with Gasteiger partial charge in [-0.15, -0.1) is 0 Å². The Hall–Kier alpha value is -3.51. The Kier molecular flexibility index (Phi) is 5.33. The highest BCUT2D eigenvalue weighted by Gasteiger charge is 2.46. The van der Waals surface area contributed by atoms with Gasteiger partial charge in [-0.3, -0.25) is 9.59 Å². The average molecular weight is 424 g/mol. The summed E-state index contributed by atoms with van der Waals surface area (Å²) in [6.45, 7) is 0.0890. The molecular weight excluding hydrogens is 406 g/mol. The van der Waals surface area contributed by atoms with Crippen molar-refractivity contribution in [3.8, 4) is 5.75 Å². The Balaban J connectivity index is 1.85. The van der Waals surface area contributed by atoms with Crippen LogP contribution in [0.2, 0.25) is 5.02 Å². The molecule has 3 aromatic rings. The van der Waals surface area contributed by atoms with Gasteiger partial charge in [0.25, 0.3) is 11.7 Å². The molecular formula is C23H18ClNO5. The van der Waals surface area contributed by atoms with Crippen LogP contribution in [0.4, 0.5) is 0 Å². The van der Waals surface area contributed by atoms with Gasteiger partial charge in [0.2, 0.25) is 0 Å². The maximum Gasteiger partial charge on any atom is 0.296 e. The molecule has 0 saturated carbocycles. The van der Waals surface area contributed by atoms with Gasteiger partial charge in [-0.1, -0.05) is 23.7 Å². The Labute approximate surface area is 177 Å². The van der Waals surface area contributed by atoms with E-state index in [1.165, 1.54) is 11.2 Å². The third-order valence-electron chi connectivity index (χ3n) is 5.00. The third kappa shape index (κ3) is 3.57. The van der Waals surface area contributed by atoms with E-state index in [1.54, 1.807) is 67.8 Å². The van der Waals surface area contributed by atoms with Crippen LogP contribution in [0.25, 0.3) is 5.76 Å². The van der Waals surface area contributed by atoms with Crippen molar-refractivity contribution in [2.45, 2.75) is 12.6 Å². The molecule has 1 amide bonds. The summed E-state index contributed by atoms with van der Waals surface area (Å²) in [5.74, 6) is -0.549. The fourth-order valence-corrected chi connectivity index (χ4v) is 3.64. The first kappa shape index (κ1) is 19.8. The molecule has 1 aliphatic heterocycles. The number of ether oxygens (including phenoxy) is 1. The van der Waals surface area contributed by atoms with Gasteiger partial charge in [0, 0.05) is 10.6 Å². The summed E-state index contributed by atoms with van der Waals surface area (Å²) in [6, 6.07) is 16.1. The van der Waals surface area contributed by atoms with E-state index in [0.717, 1.165) is 0 Å². The highest BCUT2D eigenvalue weighted by atomic mass is 35.5. The number of aliphatic hydroxyl groups is 1. The van der Waals surface area contributed by atoms with Crippen LogP contribution in [-0.2, 0) is 16.1 Å². The summed E-state index contributed by atoms with van der Waals surface area (Å²) in [6.07, 6.45) is 1.50. The van der Waals surface area contributed by atoms with Crippen molar-refractivity contribution < 1.29 is 23.8 Å². The van der Waals surface area contributed by atoms with E-state index >= 15 is 0 Å². The molecule has 0 bridgehead atoms.